The first-order valence-corrected chi connectivity index (χ1v) is 11.1. The van der Waals surface area contributed by atoms with Crippen LogP contribution in [0.2, 0.25) is 5.02 Å². The summed E-state index contributed by atoms with van der Waals surface area (Å²) in [4.78, 5) is 13.2. The number of anilines is 1. The van der Waals surface area contributed by atoms with Crippen LogP contribution in [0.1, 0.15) is 11.6 Å². The van der Waals surface area contributed by atoms with Crippen molar-refractivity contribution in [2.75, 3.05) is 10.7 Å². The Bertz CT molecular complexity index is 1250. The highest BCUT2D eigenvalue weighted by Crippen LogP contribution is 2.39. The molecular weight excluding hydrogens is 449 g/mol. The second-order valence-corrected chi connectivity index (χ2v) is 8.75. The molecule has 5 rings (SSSR count). The third-order valence-corrected chi connectivity index (χ3v) is 6.54. The smallest absolute Gasteiger partial charge is 0.240 e. The summed E-state index contributed by atoms with van der Waals surface area (Å²) >= 11 is 7.40. The lowest BCUT2D eigenvalue weighted by Crippen LogP contribution is -2.41. The molecule has 2 atom stereocenters. The first-order chi connectivity index (χ1) is 15.6. The quantitative estimate of drug-likeness (QED) is 0.437. The molecule has 0 spiro atoms. The lowest BCUT2D eigenvalue weighted by molar-refractivity contribution is -0.116. The van der Waals surface area contributed by atoms with Crippen LogP contribution in [0.3, 0.4) is 0 Å². The molecule has 4 aromatic rings. The molecule has 1 aromatic heterocycles. The van der Waals surface area contributed by atoms with Crippen molar-refractivity contribution in [1.82, 2.24) is 14.9 Å². The summed E-state index contributed by atoms with van der Waals surface area (Å²) in [6.07, 6.45) is 0. The summed E-state index contributed by atoms with van der Waals surface area (Å²) in [5.41, 5.74) is 5.72. The summed E-state index contributed by atoms with van der Waals surface area (Å²) in [6, 6.07) is 22.3. The maximum absolute atomic E-state index is 13.2. The number of benzene rings is 3. The Labute approximate surface area is 192 Å². The number of hydrogen-bond donors (Lipinski definition) is 2. The van der Waals surface area contributed by atoms with Gasteiger partial charge in [0.1, 0.15) is 11.1 Å². The molecule has 0 bridgehead atoms. The number of thioether (sulfide) groups is 1. The number of halogens is 2. The molecule has 0 aliphatic carbocycles. The van der Waals surface area contributed by atoms with Gasteiger partial charge in [-0.05, 0) is 42.0 Å². The Morgan fingerprint density at radius 3 is 2.44 bits per heavy atom. The summed E-state index contributed by atoms with van der Waals surface area (Å²) in [5.74, 6) is 0.0614. The van der Waals surface area contributed by atoms with Gasteiger partial charge in [-0.15, -0.1) is 10.2 Å². The Morgan fingerprint density at radius 2 is 1.72 bits per heavy atom. The molecule has 1 aliphatic heterocycles. The second kappa shape index (κ2) is 8.64. The van der Waals surface area contributed by atoms with Crippen molar-refractivity contribution in [3.8, 4) is 11.4 Å². The summed E-state index contributed by atoms with van der Waals surface area (Å²) in [5, 5.41) is 12.1. The first kappa shape index (κ1) is 20.5. The fraction of sp³-hybridized carbons (Fsp3) is 0.0870. The maximum Gasteiger partial charge on any atom is 0.240 e. The summed E-state index contributed by atoms with van der Waals surface area (Å²) in [7, 11) is 0. The van der Waals surface area contributed by atoms with Crippen LogP contribution in [-0.4, -0.2) is 26.0 Å². The molecule has 1 aliphatic rings. The molecule has 0 saturated carbocycles. The fourth-order valence-electron chi connectivity index (χ4n) is 3.50. The number of amides is 1. The van der Waals surface area contributed by atoms with Crippen LogP contribution in [0.15, 0.2) is 84.0 Å². The van der Waals surface area contributed by atoms with Crippen molar-refractivity contribution < 1.29 is 9.18 Å². The zero-order chi connectivity index (χ0) is 22.1. The van der Waals surface area contributed by atoms with Crippen LogP contribution in [0, 0.1) is 5.82 Å². The normalized spacial score (nSPS) is 17.3. The van der Waals surface area contributed by atoms with Gasteiger partial charge in [-0.3, -0.25) is 4.79 Å². The van der Waals surface area contributed by atoms with Crippen molar-refractivity contribution in [2.45, 2.75) is 16.4 Å². The van der Waals surface area contributed by atoms with Crippen LogP contribution in [0.5, 0.6) is 0 Å². The molecule has 0 fully saturated rings. The maximum atomic E-state index is 13.2. The Hall–Kier alpha value is -3.36. The highest BCUT2D eigenvalue weighted by Gasteiger charge is 2.38. The number of carbonyl (C=O) groups excluding carboxylic acids is 1. The second-order valence-electron chi connectivity index (χ2n) is 7.20. The molecule has 2 unspecified atom stereocenters. The van der Waals surface area contributed by atoms with Crippen LogP contribution < -0.4 is 10.7 Å². The predicted molar refractivity (Wildman–Crippen MR) is 124 cm³/mol. The lowest BCUT2D eigenvalue weighted by atomic mass is 10.0. The fourth-order valence-corrected chi connectivity index (χ4v) is 4.70. The molecular formula is C23H17ClFN5OS. The van der Waals surface area contributed by atoms with Gasteiger partial charge in [-0.1, -0.05) is 65.8 Å². The van der Waals surface area contributed by atoms with E-state index >= 15 is 0 Å². The minimum absolute atomic E-state index is 0.232. The Kier molecular flexibility index (Phi) is 5.55. The monoisotopic (exact) mass is 465 g/mol. The predicted octanol–water partition coefficient (Wildman–Crippen LogP) is 5.14. The van der Waals surface area contributed by atoms with Crippen LogP contribution in [-0.2, 0) is 4.79 Å². The zero-order valence-corrected chi connectivity index (χ0v) is 18.1. The van der Waals surface area contributed by atoms with E-state index in [9.17, 15) is 9.18 Å². The third kappa shape index (κ3) is 4.06. The van der Waals surface area contributed by atoms with E-state index in [-0.39, 0.29) is 17.8 Å². The van der Waals surface area contributed by atoms with Gasteiger partial charge < -0.3 is 10.7 Å². The lowest BCUT2D eigenvalue weighted by Gasteiger charge is -2.33. The number of carbonyl (C=O) groups is 1. The molecule has 9 heteroatoms. The van der Waals surface area contributed by atoms with E-state index in [1.54, 1.807) is 16.8 Å². The highest BCUT2D eigenvalue weighted by atomic mass is 35.5. The molecule has 0 radical (unpaired) electrons. The van der Waals surface area contributed by atoms with E-state index in [0.717, 1.165) is 11.1 Å². The van der Waals surface area contributed by atoms with E-state index in [4.69, 9.17) is 11.6 Å². The summed E-state index contributed by atoms with van der Waals surface area (Å²) in [6.45, 7) is 0. The van der Waals surface area contributed by atoms with Gasteiger partial charge >= 0.3 is 0 Å². The average Bonchev–Trinajstić information content (AvgIpc) is 3.24. The van der Waals surface area contributed by atoms with E-state index in [1.807, 2.05) is 42.5 Å². The molecule has 6 nitrogen and oxygen atoms in total. The third-order valence-electron chi connectivity index (χ3n) is 5.07. The molecule has 2 heterocycles. The number of fused-ring (bicyclic) bond motifs is 1. The van der Waals surface area contributed by atoms with Gasteiger partial charge in [-0.2, -0.15) is 0 Å². The van der Waals surface area contributed by atoms with Crippen LogP contribution >= 0.6 is 23.4 Å². The minimum Gasteiger partial charge on any atom is -0.325 e. The van der Waals surface area contributed by atoms with Crippen molar-refractivity contribution in [3.63, 3.8) is 0 Å². The van der Waals surface area contributed by atoms with E-state index in [2.05, 4.69) is 20.9 Å². The van der Waals surface area contributed by atoms with E-state index in [0.29, 0.717) is 21.7 Å². The molecule has 160 valence electrons. The Balaban J connectivity index is 1.50. The average molecular weight is 466 g/mol. The number of nitrogens with one attached hydrogen (secondary N) is 2. The van der Waals surface area contributed by atoms with Gasteiger partial charge in [0.15, 0.2) is 5.82 Å². The molecule has 2 N–H and O–H groups in total. The van der Waals surface area contributed by atoms with Crippen LogP contribution in [0.4, 0.5) is 10.1 Å². The SMILES string of the molecule is O=C(Nc1ccc(F)cc1)C1Sc2nnc(-c3ccccc3)n2NC1c1ccc(Cl)cc1. The minimum atomic E-state index is -0.554. The van der Waals surface area contributed by atoms with Crippen molar-refractivity contribution >= 4 is 35.0 Å². The van der Waals surface area contributed by atoms with Crippen molar-refractivity contribution in [2.24, 2.45) is 0 Å². The highest BCUT2D eigenvalue weighted by molar-refractivity contribution is 8.00. The summed E-state index contributed by atoms with van der Waals surface area (Å²) < 4.78 is 15.1. The number of aromatic nitrogens is 3. The Morgan fingerprint density at radius 1 is 1.00 bits per heavy atom. The largest absolute Gasteiger partial charge is 0.325 e. The first-order valence-electron chi connectivity index (χ1n) is 9.84. The van der Waals surface area contributed by atoms with Crippen LogP contribution in [0.25, 0.3) is 11.4 Å². The number of nitrogens with zero attached hydrogens (tertiary/aromatic N) is 3. The van der Waals surface area contributed by atoms with Gasteiger partial charge in [0.25, 0.3) is 0 Å². The van der Waals surface area contributed by atoms with Gasteiger partial charge in [0.05, 0.1) is 6.04 Å². The number of rotatable bonds is 4. The van der Waals surface area contributed by atoms with Gasteiger partial charge in [0, 0.05) is 16.3 Å². The molecule has 1 amide bonds. The molecule has 3 aromatic carbocycles. The van der Waals surface area contributed by atoms with E-state index < -0.39 is 5.25 Å². The van der Waals surface area contributed by atoms with Gasteiger partial charge in [-0.25, -0.2) is 9.07 Å². The number of hydrogen-bond acceptors (Lipinski definition) is 5. The van der Waals surface area contributed by atoms with Crippen molar-refractivity contribution in [3.05, 3.63) is 95.3 Å². The molecule has 32 heavy (non-hydrogen) atoms. The topological polar surface area (TPSA) is 71.8 Å². The standard InChI is InChI=1S/C23H17ClFN5OS/c24-16-8-6-14(7-9-16)19-20(22(31)26-18-12-10-17(25)11-13-18)32-23-28-27-21(30(23)29-19)15-4-2-1-3-5-15/h1-13,19-20,29H,(H,26,31). The van der Waals surface area contributed by atoms with E-state index in [1.165, 1.54) is 36.0 Å². The van der Waals surface area contributed by atoms with Gasteiger partial charge in [0.2, 0.25) is 11.1 Å². The van der Waals surface area contributed by atoms with Crippen molar-refractivity contribution in [1.29, 1.82) is 0 Å². The zero-order valence-electron chi connectivity index (χ0n) is 16.6. The molecule has 0 saturated heterocycles.